The highest BCUT2D eigenvalue weighted by molar-refractivity contribution is 5.97. The minimum Gasteiger partial charge on any atom is -0.349 e. The Morgan fingerprint density at radius 3 is 2.46 bits per heavy atom. The number of alkyl halides is 2. The summed E-state index contributed by atoms with van der Waals surface area (Å²) in [6, 6.07) is 4.18. The van der Waals surface area contributed by atoms with Crippen LogP contribution in [0.5, 0.6) is 0 Å². The second-order valence-corrected chi connectivity index (χ2v) is 8.54. The average molecular weight is 386 g/mol. The van der Waals surface area contributed by atoms with Crippen LogP contribution in [0, 0.1) is 0 Å². The van der Waals surface area contributed by atoms with Crippen LogP contribution in [-0.2, 0) is 0 Å². The van der Waals surface area contributed by atoms with Gasteiger partial charge in [0.15, 0.2) is 0 Å². The molecular formula is C21H24F2N4O. The van der Waals surface area contributed by atoms with Crippen molar-refractivity contribution in [2.24, 2.45) is 0 Å². The molecule has 2 aromatic heterocycles. The Kier molecular flexibility index (Phi) is 4.30. The lowest BCUT2D eigenvalue weighted by molar-refractivity contribution is -0.150. The number of pyridine rings is 2. The third-order valence-electron chi connectivity index (χ3n) is 6.26. The Morgan fingerprint density at radius 1 is 1.04 bits per heavy atom. The van der Waals surface area contributed by atoms with E-state index in [0.717, 1.165) is 42.3 Å². The van der Waals surface area contributed by atoms with E-state index >= 15 is 0 Å². The van der Waals surface area contributed by atoms with E-state index < -0.39 is 5.92 Å². The zero-order valence-electron chi connectivity index (χ0n) is 15.7. The molecule has 0 radical (unpaired) electrons. The number of fused-ring (bicyclic) bond motifs is 1. The van der Waals surface area contributed by atoms with Gasteiger partial charge in [-0.25, -0.2) is 8.78 Å². The Hall–Kier alpha value is -2.15. The van der Waals surface area contributed by atoms with Crippen molar-refractivity contribution >= 4 is 16.8 Å². The molecule has 3 aliphatic rings. The fraction of sp³-hybridized carbons (Fsp3) is 0.571. The van der Waals surface area contributed by atoms with E-state index in [9.17, 15) is 13.6 Å². The molecule has 2 aliphatic carbocycles. The number of nitrogens with one attached hydrogen (secondary N) is 1. The molecule has 7 heteroatoms. The van der Waals surface area contributed by atoms with Crippen LogP contribution in [0.4, 0.5) is 8.78 Å². The maximum atomic E-state index is 13.0. The second kappa shape index (κ2) is 6.72. The molecule has 0 atom stereocenters. The van der Waals surface area contributed by atoms with Crippen molar-refractivity contribution in [3.63, 3.8) is 0 Å². The quantitative estimate of drug-likeness (QED) is 0.874. The van der Waals surface area contributed by atoms with Crippen molar-refractivity contribution in [2.45, 2.75) is 62.4 Å². The highest BCUT2D eigenvalue weighted by Gasteiger charge is 2.47. The van der Waals surface area contributed by atoms with Crippen molar-refractivity contribution in [3.05, 3.63) is 35.8 Å². The summed E-state index contributed by atoms with van der Waals surface area (Å²) < 4.78 is 26.1. The van der Waals surface area contributed by atoms with Crippen molar-refractivity contribution in [1.29, 1.82) is 0 Å². The third-order valence-corrected chi connectivity index (χ3v) is 6.26. The molecule has 0 unspecified atom stereocenters. The minimum atomic E-state index is -2.51. The number of hydrogen-bond acceptors (Lipinski definition) is 4. The van der Waals surface area contributed by atoms with Gasteiger partial charge in [-0.05, 0) is 50.7 Å². The van der Waals surface area contributed by atoms with Crippen LogP contribution in [0.15, 0.2) is 24.5 Å². The SMILES string of the molecule is O=C(N[C@H]1CC[C@H](N2CC(F)(F)C2)CC1)c1cnc2cc(C3CC3)ncc2c1. The molecule has 1 aliphatic heterocycles. The van der Waals surface area contributed by atoms with Gasteiger partial charge >= 0.3 is 0 Å². The molecule has 1 amide bonds. The Bertz CT molecular complexity index is 898. The molecule has 0 aromatic carbocycles. The molecule has 1 saturated heterocycles. The smallest absolute Gasteiger partial charge is 0.272 e. The summed E-state index contributed by atoms with van der Waals surface area (Å²) in [6.07, 6.45) is 9.18. The highest BCUT2D eigenvalue weighted by Crippen LogP contribution is 2.39. The maximum Gasteiger partial charge on any atom is 0.272 e. The van der Waals surface area contributed by atoms with Gasteiger partial charge in [-0.2, -0.15) is 0 Å². The van der Waals surface area contributed by atoms with Crippen molar-refractivity contribution in [2.75, 3.05) is 13.1 Å². The Morgan fingerprint density at radius 2 is 1.79 bits per heavy atom. The fourth-order valence-electron chi connectivity index (χ4n) is 4.42. The number of rotatable bonds is 4. The van der Waals surface area contributed by atoms with E-state index in [4.69, 9.17) is 0 Å². The van der Waals surface area contributed by atoms with Gasteiger partial charge in [0.2, 0.25) is 0 Å². The molecule has 2 saturated carbocycles. The Balaban J connectivity index is 1.18. The molecule has 5 rings (SSSR count). The highest BCUT2D eigenvalue weighted by atomic mass is 19.3. The zero-order chi connectivity index (χ0) is 19.3. The molecule has 0 spiro atoms. The molecule has 5 nitrogen and oxygen atoms in total. The van der Waals surface area contributed by atoms with E-state index in [1.54, 1.807) is 12.4 Å². The van der Waals surface area contributed by atoms with Gasteiger partial charge in [0.05, 0.1) is 24.2 Å². The van der Waals surface area contributed by atoms with Gasteiger partial charge < -0.3 is 5.32 Å². The second-order valence-electron chi connectivity index (χ2n) is 8.54. The lowest BCUT2D eigenvalue weighted by Gasteiger charge is -2.46. The monoisotopic (exact) mass is 386 g/mol. The number of amides is 1. The zero-order valence-corrected chi connectivity index (χ0v) is 15.7. The summed E-state index contributed by atoms with van der Waals surface area (Å²) in [5.74, 6) is -2.06. The number of halogens is 2. The predicted octanol–water partition coefficient (Wildman–Crippen LogP) is 3.50. The summed E-state index contributed by atoms with van der Waals surface area (Å²) in [6.45, 7) is -0.234. The molecular weight excluding hydrogens is 362 g/mol. The maximum absolute atomic E-state index is 13.0. The number of aromatic nitrogens is 2. The normalized spacial score (nSPS) is 27.4. The summed E-state index contributed by atoms with van der Waals surface area (Å²) in [4.78, 5) is 23.5. The van der Waals surface area contributed by atoms with Crippen LogP contribution in [0.3, 0.4) is 0 Å². The molecule has 148 valence electrons. The summed E-state index contributed by atoms with van der Waals surface area (Å²) in [7, 11) is 0. The first-order valence-electron chi connectivity index (χ1n) is 10.2. The lowest BCUT2D eigenvalue weighted by Crippen LogP contribution is -2.60. The van der Waals surface area contributed by atoms with Crippen LogP contribution in [0.2, 0.25) is 0 Å². The van der Waals surface area contributed by atoms with Crippen molar-refractivity contribution < 1.29 is 13.6 Å². The number of likely N-dealkylation sites (tertiary alicyclic amines) is 1. The fourth-order valence-corrected chi connectivity index (χ4v) is 4.42. The van der Waals surface area contributed by atoms with Gasteiger partial charge in [-0.1, -0.05) is 0 Å². The summed E-state index contributed by atoms with van der Waals surface area (Å²) in [5.41, 5.74) is 2.51. The van der Waals surface area contributed by atoms with E-state index in [-0.39, 0.29) is 31.1 Å². The van der Waals surface area contributed by atoms with E-state index in [0.29, 0.717) is 11.5 Å². The van der Waals surface area contributed by atoms with Gasteiger partial charge in [0.25, 0.3) is 11.8 Å². The van der Waals surface area contributed by atoms with E-state index in [1.807, 2.05) is 17.0 Å². The molecule has 0 bridgehead atoms. The molecule has 3 fully saturated rings. The standard InChI is InChI=1S/C21H24F2N4O/c22-21(23)11-27(12-21)17-5-3-16(4-6-17)26-20(28)15-7-14-9-24-18(13-1-2-13)8-19(14)25-10-15/h7-10,13,16-17H,1-6,11-12H2,(H,26,28)/t16-,17-. The number of hydrogen-bond donors (Lipinski definition) is 1. The first kappa shape index (κ1) is 17.9. The molecule has 2 aromatic rings. The first-order chi connectivity index (χ1) is 13.5. The van der Waals surface area contributed by atoms with Gasteiger partial charge in [-0.3, -0.25) is 19.7 Å². The van der Waals surface area contributed by atoms with Crippen molar-refractivity contribution in [1.82, 2.24) is 20.2 Å². The molecule has 1 N–H and O–H groups in total. The van der Waals surface area contributed by atoms with Gasteiger partial charge in [-0.15, -0.1) is 0 Å². The van der Waals surface area contributed by atoms with Crippen LogP contribution in [0.1, 0.15) is 60.5 Å². The van der Waals surface area contributed by atoms with Gasteiger partial charge in [0.1, 0.15) is 0 Å². The third kappa shape index (κ3) is 3.60. The van der Waals surface area contributed by atoms with Crippen LogP contribution < -0.4 is 5.32 Å². The number of carbonyl (C=O) groups is 1. The predicted molar refractivity (Wildman–Crippen MR) is 102 cm³/mol. The van der Waals surface area contributed by atoms with E-state index in [1.165, 1.54) is 12.8 Å². The minimum absolute atomic E-state index is 0.0941. The summed E-state index contributed by atoms with van der Waals surface area (Å²) >= 11 is 0. The number of nitrogens with zero attached hydrogens (tertiary/aromatic N) is 3. The first-order valence-corrected chi connectivity index (χ1v) is 10.2. The average Bonchev–Trinajstić information content (AvgIpc) is 3.51. The van der Waals surface area contributed by atoms with E-state index in [2.05, 4.69) is 15.3 Å². The van der Waals surface area contributed by atoms with Crippen molar-refractivity contribution in [3.8, 4) is 0 Å². The van der Waals surface area contributed by atoms with Gasteiger partial charge in [0, 0.05) is 41.5 Å². The van der Waals surface area contributed by atoms with Crippen LogP contribution in [0.25, 0.3) is 10.9 Å². The summed E-state index contributed by atoms with van der Waals surface area (Å²) in [5, 5.41) is 3.96. The van der Waals surface area contributed by atoms with Crippen LogP contribution in [-0.4, -0.2) is 51.9 Å². The molecule has 28 heavy (non-hydrogen) atoms. The largest absolute Gasteiger partial charge is 0.349 e. The topological polar surface area (TPSA) is 58.1 Å². The van der Waals surface area contributed by atoms with Crippen LogP contribution >= 0.6 is 0 Å². The Labute approximate surface area is 162 Å². The number of carbonyl (C=O) groups excluding carboxylic acids is 1. The molecule has 3 heterocycles. The lowest BCUT2D eigenvalue weighted by atomic mass is 9.88.